The van der Waals surface area contributed by atoms with Gasteiger partial charge in [-0.25, -0.2) is 9.97 Å². The van der Waals surface area contributed by atoms with Crippen LogP contribution in [0.1, 0.15) is 41.3 Å². The molecule has 0 spiro atoms. The summed E-state index contributed by atoms with van der Waals surface area (Å²) in [6, 6.07) is 14.6. The van der Waals surface area contributed by atoms with Crippen LogP contribution in [-0.4, -0.2) is 33.6 Å². The van der Waals surface area contributed by atoms with Gasteiger partial charge in [-0.05, 0) is 48.7 Å². The highest BCUT2D eigenvalue weighted by Crippen LogP contribution is 2.35. The van der Waals surface area contributed by atoms with Gasteiger partial charge >= 0.3 is 0 Å². The van der Waals surface area contributed by atoms with E-state index >= 15 is 0 Å². The maximum Gasteiger partial charge on any atom is 0.267 e. The zero-order valence-electron chi connectivity index (χ0n) is 18.2. The smallest absolute Gasteiger partial charge is 0.267 e. The Morgan fingerprint density at radius 3 is 2.56 bits per heavy atom. The van der Waals surface area contributed by atoms with Crippen LogP contribution >= 0.6 is 11.6 Å². The van der Waals surface area contributed by atoms with E-state index in [-0.39, 0.29) is 22.5 Å². The maximum atomic E-state index is 13.3. The summed E-state index contributed by atoms with van der Waals surface area (Å²) in [6.07, 6.45) is 3.50. The zero-order valence-corrected chi connectivity index (χ0v) is 18.9. The molecule has 7 heteroatoms. The fourth-order valence-electron chi connectivity index (χ4n) is 4.15. The van der Waals surface area contributed by atoms with E-state index in [9.17, 15) is 4.79 Å². The number of ether oxygens (including phenoxy) is 1. The lowest BCUT2D eigenvalue weighted by molar-refractivity contribution is 0.0989. The summed E-state index contributed by atoms with van der Waals surface area (Å²) in [7, 11) is 0. The summed E-state index contributed by atoms with van der Waals surface area (Å²) >= 11 is 6.22. The number of aromatic nitrogens is 3. The Morgan fingerprint density at radius 2 is 1.81 bits per heavy atom. The van der Waals surface area contributed by atoms with Crippen molar-refractivity contribution in [3.63, 3.8) is 0 Å². The molecular weight excluding hydrogens is 424 g/mol. The van der Waals surface area contributed by atoms with Crippen LogP contribution < -0.4 is 9.64 Å². The molecule has 0 unspecified atom stereocenters. The molecule has 0 fully saturated rings. The average molecular weight is 447 g/mol. The van der Waals surface area contributed by atoms with Gasteiger partial charge in [-0.3, -0.25) is 4.79 Å². The number of carbonyl (C=O) groups excluding carboxylic acids is 1. The largest absolute Gasteiger partial charge is 0.475 e. The van der Waals surface area contributed by atoms with Crippen molar-refractivity contribution < 1.29 is 9.53 Å². The van der Waals surface area contributed by atoms with Gasteiger partial charge in [0.2, 0.25) is 5.88 Å². The minimum Gasteiger partial charge on any atom is -0.475 e. The molecule has 0 aliphatic carbocycles. The number of benzene rings is 2. The Kier molecular flexibility index (Phi) is 5.10. The molecule has 162 valence electrons. The quantitative estimate of drug-likeness (QED) is 0.387. The molecule has 2 aromatic carbocycles. The van der Waals surface area contributed by atoms with Crippen LogP contribution in [0.15, 0.2) is 55.0 Å². The van der Waals surface area contributed by atoms with Crippen molar-refractivity contribution in [2.45, 2.75) is 26.7 Å². The van der Waals surface area contributed by atoms with Crippen LogP contribution in [0.5, 0.6) is 5.88 Å². The molecule has 1 amide bonds. The van der Waals surface area contributed by atoms with Crippen molar-refractivity contribution in [2.24, 2.45) is 0 Å². The normalized spacial score (nSPS) is 13.9. The molecule has 0 atom stereocenters. The SMILES string of the molecule is Cc1ccc(-n2cc(C(C)C)c3cc(N4CCOc5ncnc(Cl)c5C4=O)ccc32)cc1. The van der Waals surface area contributed by atoms with Gasteiger partial charge in [-0.1, -0.05) is 43.1 Å². The first kappa shape index (κ1) is 20.5. The molecular formula is C25H23ClN4O2. The van der Waals surface area contributed by atoms with Gasteiger partial charge in [0.25, 0.3) is 5.91 Å². The number of aryl methyl sites for hydroxylation is 1. The summed E-state index contributed by atoms with van der Waals surface area (Å²) in [5.41, 5.74) is 5.65. The monoisotopic (exact) mass is 446 g/mol. The number of carbonyl (C=O) groups is 1. The van der Waals surface area contributed by atoms with Crippen molar-refractivity contribution in [1.29, 1.82) is 0 Å². The second-order valence-electron chi connectivity index (χ2n) is 8.30. The van der Waals surface area contributed by atoms with Gasteiger partial charge in [0.05, 0.1) is 12.1 Å². The van der Waals surface area contributed by atoms with Gasteiger partial charge in [0.15, 0.2) is 0 Å². The van der Waals surface area contributed by atoms with Crippen LogP contribution in [0, 0.1) is 6.92 Å². The van der Waals surface area contributed by atoms with E-state index in [2.05, 4.69) is 77.9 Å². The highest BCUT2D eigenvalue weighted by molar-refractivity contribution is 6.33. The summed E-state index contributed by atoms with van der Waals surface area (Å²) < 4.78 is 7.88. The molecule has 1 aliphatic heterocycles. The Bertz CT molecular complexity index is 1330. The molecule has 0 bridgehead atoms. The summed E-state index contributed by atoms with van der Waals surface area (Å²) in [4.78, 5) is 23.1. The minimum atomic E-state index is -0.258. The van der Waals surface area contributed by atoms with E-state index in [0.29, 0.717) is 19.1 Å². The van der Waals surface area contributed by atoms with Crippen molar-refractivity contribution in [1.82, 2.24) is 14.5 Å². The topological polar surface area (TPSA) is 60.2 Å². The predicted molar refractivity (Wildman–Crippen MR) is 126 cm³/mol. The molecule has 6 nitrogen and oxygen atoms in total. The molecule has 0 saturated heterocycles. The molecule has 0 saturated carbocycles. The van der Waals surface area contributed by atoms with E-state index in [1.54, 1.807) is 4.90 Å². The second-order valence-corrected chi connectivity index (χ2v) is 8.65. The minimum absolute atomic E-state index is 0.0985. The lowest BCUT2D eigenvalue weighted by atomic mass is 10.0. The van der Waals surface area contributed by atoms with Crippen molar-refractivity contribution in [3.05, 3.63) is 76.8 Å². The molecule has 0 radical (unpaired) electrons. The van der Waals surface area contributed by atoms with E-state index in [0.717, 1.165) is 22.3 Å². The number of rotatable bonds is 3. The predicted octanol–water partition coefficient (Wildman–Crippen LogP) is 5.54. The van der Waals surface area contributed by atoms with Gasteiger partial charge in [-0.15, -0.1) is 0 Å². The Morgan fingerprint density at radius 1 is 1.06 bits per heavy atom. The fourth-order valence-corrected chi connectivity index (χ4v) is 4.35. The summed E-state index contributed by atoms with van der Waals surface area (Å²) in [5, 5.41) is 1.22. The van der Waals surface area contributed by atoms with Gasteiger partial charge in [-0.2, -0.15) is 0 Å². The zero-order chi connectivity index (χ0) is 22.4. The lowest BCUT2D eigenvalue weighted by Gasteiger charge is -2.20. The average Bonchev–Trinajstić information content (AvgIpc) is 3.07. The highest BCUT2D eigenvalue weighted by Gasteiger charge is 2.29. The first-order valence-electron chi connectivity index (χ1n) is 10.6. The maximum absolute atomic E-state index is 13.3. The number of nitrogens with zero attached hydrogens (tertiary/aromatic N) is 4. The Hall–Kier alpha value is -3.38. The fraction of sp³-hybridized carbons (Fsp3) is 0.240. The molecule has 3 heterocycles. The number of hydrogen-bond acceptors (Lipinski definition) is 4. The number of hydrogen-bond donors (Lipinski definition) is 0. The van der Waals surface area contributed by atoms with E-state index in [1.807, 2.05) is 6.07 Å². The Labute approximate surface area is 191 Å². The molecule has 0 N–H and O–H groups in total. The number of fused-ring (bicyclic) bond motifs is 2. The molecule has 2 aromatic heterocycles. The molecule has 1 aliphatic rings. The first-order chi connectivity index (χ1) is 15.4. The van der Waals surface area contributed by atoms with Crippen LogP contribution in [0.2, 0.25) is 5.15 Å². The molecule has 32 heavy (non-hydrogen) atoms. The second kappa shape index (κ2) is 7.95. The number of halogens is 1. The summed E-state index contributed by atoms with van der Waals surface area (Å²) in [5.74, 6) is 0.296. The van der Waals surface area contributed by atoms with Crippen LogP contribution in [0.3, 0.4) is 0 Å². The molecule has 4 aromatic rings. The standard InChI is InChI=1S/C25H23ClN4O2/c1-15(2)20-13-30(17-6-4-16(3)5-7-17)21-9-8-18(12-19(20)21)29-10-11-32-24-22(25(29)31)23(26)27-14-28-24/h4-9,12-15H,10-11H2,1-3H3. The number of anilines is 1. The lowest BCUT2D eigenvalue weighted by Crippen LogP contribution is -2.32. The Balaban J connectivity index is 1.63. The third-order valence-corrected chi connectivity index (χ3v) is 6.13. The molecule has 5 rings (SSSR count). The van der Waals surface area contributed by atoms with Crippen molar-refractivity contribution in [3.8, 4) is 11.6 Å². The van der Waals surface area contributed by atoms with Crippen LogP contribution in [-0.2, 0) is 0 Å². The van der Waals surface area contributed by atoms with Crippen LogP contribution in [0.4, 0.5) is 5.69 Å². The highest BCUT2D eigenvalue weighted by atomic mass is 35.5. The van der Waals surface area contributed by atoms with Gasteiger partial charge in [0, 0.05) is 23.0 Å². The van der Waals surface area contributed by atoms with E-state index < -0.39 is 0 Å². The third-order valence-electron chi connectivity index (χ3n) is 5.84. The van der Waals surface area contributed by atoms with Crippen molar-refractivity contribution in [2.75, 3.05) is 18.1 Å². The van der Waals surface area contributed by atoms with Gasteiger partial charge < -0.3 is 14.2 Å². The van der Waals surface area contributed by atoms with E-state index in [4.69, 9.17) is 16.3 Å². The van der Waals surface area contributed by atoms with Crippen molar-refractivity contribution >= 4 is 34.1 Å². The van der Waals surface area contributed by atoms with Crippen LogP contribution in [0.25, 0.3) is 16.6 Å². The van der Waals surface area contributed by atoms with E-state index in [1.165, 1.54) is 17.5 Å². The first-order valence-corrected chi connectivity index (χ1v) is 11.0. The third kappa shape index (κ3) is 3.41. The summed E-state index contributed by atoms with van der Waals surface area (Å²) in [6.45, 7) is 7.16. The van der Waals surface area contributed by atoms with Gasteiger partial charge in [0.1, 0.15) is 23.7 Å². The number of amides is 1.